The van der Waals surface area contributed by atoms with Crippen LogP contribution in [0.15, 0.2) is 63.3 Å². The molecule has 0 unspecified atom stereocenters. The van der Waals surface area contributed by atoms with Gasteiger partial charge in [0.2, 0.25) is 5.16 Å². The number of hydrazone groups is 1. The second-order valence-corrected chi connectivity index (χ2v) is 7.62. The van der Waals surface area contributed by atoms with Gasteiger partial charge >= 0.3 is 0 Å². The minimum atomic E-state index is 0.396. The van der Waals surface area contributed by atoms with E-state index < -0.39 is 0 Å². The van der Waals surface area contributed by atoms with E-state index in [-0.39, 0.29) is 0 Å². The first kappa shape index (κ1) is 18.5. The lowest BCUT2D eigenvalue weighted by Crippen LogP contribution is -2.13. The molecular formula is C18H19BrN6S. The molecule has 0 saturated carbocycles. The van der Waals surface area contributed by atoms with Gasteiger partial charge in [0.15, 0.2) is 0 Å². The standard InChI is InChI=1S/C18H19BrN6S/c1-12-3-5-14(6-4-12)11-26-18-24-23-17(25(18)20)22-21-13(2)15-7-9-16(19)10-8-15/h3-10H,11,20H2,1-2H3,(H,22,23)/b21-13+. The summed E-state index contributed by atoms with van der Waals surface area (Å²) in [5, 5.41) is 13.2. The van der Waals surface area contributed by atoms with Crippen LogP contribution in [0.3, 0.4) is 0 Å². The third-order valence-corrected chi connectivity index (χ3v) is 5.28. The monoisotopic (exact) mass is 430 g/mol. The zero-order valence-electron chi connectivity index (χ0n) is 14.5. The smallest absolute Gasteiger partial charge is 0.264 e. The van der Waals surface area contributed by atoms with Gasteiger partial charge in [-0.15, -0.1) is 10.2 Å². The Morgan fingerprint density at radius 3 is 2.54 bits per heavy atom. The second-order valence-electron chi connectivity index (χ2n) is 5.77. The quantitative estimate of drug-likeness (QED) is 0.265. The molecule has 3 N–H and O–H groups in total. The van der Waals surface area contributed by atoms with Crippen LogP contribution in [0.25, 0.3) is 0 Å². The number of rotatable bonds is 6. The number of thioether (sulfide) groups is 1. The highest BCUT2D eigenvalue weighted by atomic mass is 79.9. The Morgan fingerprint density at radius 1 is 1.15 bits per heavy atom. The summed E-state index contributed by atoms with van der Waals surface area (Å²) in [6.45, 7) is 3.99. The van der Waals surface area contributed by atoms with Crippen molar-refractivity contribution in [1.29, 1.82) is 0 Å². The van der Waals surface area contributed by atoms with Gasteiger partial charge in [0.05, 0.1) is 5.71 Å². The lowest BCUT2D eigenvalue weighted by Gasteiger charge is -2.05. The maximum atomic E-state index is 6.07. The van der Waals surface area contributed by atoms with Crippen molar-refractivity contribution in [3.05, 3.63) is 69.7 Å². The average Bonchev–Trinajstić information content (AvgIpc) is 3.00. The van der Waals surface area contributed by atoms with E-state index in [1.807, 2.05) is 31.2 Å². The van der Waals surface area contributed by atoms with Gasteiger partial charge in [-0.2, -0.15) is 5.10 Å². The highest BCUT2D eigenvalue weighted by molar-refractivity contribution is 9.10. The van der Waals surface area contributed by atoms with E-state index in [4.69, 9.17) is 5.84 Å². The van der Waals surface area contributed by atoms with Crippen molar-refractivity contribution in [2.75, 3.05) is 11.3 Å². The Labute approximate surface area is 165 Å². The van der Waals surface area contributed by atoms with Crippen molar-refractivity contribution >= 4 is 39.4 Å². The number of nitrogens with one attached hydrogen (secondary N) is 1. The zero-order valence-corrected chi connectivity index (χ0v) is 16.9. The molecule has 26 heavy (non-hydrogen) atoms. The van der Waals surface area contributed by atoms with Crippen LogP contribution in [0.1, 0.15) is 23.6 Å². The Kier molecular flexibility index (Phi) is 5.95. The molecule has 0 aliphatic carbocycles. The van der Waals surface area contributed by atoms with Gasteiger partial charge in [-0.1, -0.05) is 69.7 Å². The molecule has 0 fully saturated rings. The first-order valence-electron chi connectivity index (χ1n) is 7.98. The van der Waals surface area contributed by atoms with Gasteiger partial charge in [0.25, 0.3) is 5.95 Å². The molecule has 6 nitrogen and oxygen atoms in total. The molecule has 0 saturated heterocycles. The van der Waals surface area contributed by atoms with Crippen molar-refractivity contribution in [3.63, 3.8) is 0 Å². The number of halogens is 1. The number of aryl methyl sites for hydroxylation is 1. The largest absolute Gasteiger partial charge is 0.334 e. The molecule has 0 aliphatic rings. The number of benzene rings is 2. The van der Waals surface area contributed by atoms with Crippen LogP contribution < -0.4 is 11.3 Å². The lowest BCUT2D eigenvalue weighted by molar-refractivity contribution is 0.846. The fraction of sp³-hybridized carbons (Fsp3) is 0.167. The number of nitrogens with zero attached hydrogens (tertiary/aromatic N) is 4. The number of aromatic nitrogens is 3. The zero-order chi connectivity index (χ0) is 18.5. The molecule has 0 spiro atoms. The molecule has 0 radical (unpaired) electrons. The molecule has 0 amide bonds. The van der Waals surface area contributed by atoms with Crippen molar-refractivity contribution < 1.29 is 0 Å². The van der Waals surface area contributed by atoms with E-state index in [1.165, 1.54) is 27.6 Å². The number of anilines is 1. The lowest BCUT2D eigenvalue weighted by atomic mass is 10.1. The van der Waals surface area contributed by atoms with E-state index >= 15 is 0 Å². The highest BCUT2D eigenvalue weighted by Gasteiger charge is 2.10. The van der Waals surface area contributed by atoms with Gasteiger partial charge in [-0.05, 0) is 37.1 Å². The van der Waals surface area contributed by atoms with Crippen LogP contribution in [0, 0.1) is 6.92 Å². The molecule has 8 heteroatoms. The first-order chi connectivity index (χ1) is 12.5. The van der Waals surface area contributed by atoms with Crippen LogP contribution in [0.2, 0.25) is 0 Å². The van der Waals surface area contributed by atoms with Crippen LogP contribution >= 0.6 is 27.7 Å². The minimum Gasteiger partial charge on any atom is -0.334 e. The molecule has 1 aromatic heterocycles. The van der Waals surface area contributed by atoms with Crippen molar-refractivity contribution in [1.82, 2.24) is 14.9 Å². The predicted octanol–water partition coefficient (Wildman–Crippen LogP) is 4.19. The Morgan fingerprint density at radius 2 is 1.85 bits per heavy atom. The van der Waals surface area contributed by atoms with Crippen molar-refractivity contribution in [2.45, 2.75) is 24.8 Å². The fourth-order valence-electron chi connectivity index (χ4n) is 2.17. The SMILES string of the molecule is C/C(=N\Nc1nnc(SCc2ccc(C)cc2)n1N)c1ccc(Br)cc1. The molecule has 134 valence electrons. The minimum absolute atomic E-state index is 0.396. The normalized spacial score (nSPS) is 11.6. The number of hydrogen-bond donors (Lipinski definition) is 2. The average molecular weight is 431 g/mol. The topological polar surface area (TPSA) is 81.1 Å². The van der Waals surface area contributed by atoms with Crippen LogP contribution in [-0.4, -0.2) is 20.6 Å². The van der Waals surface area contributed by atoms with Gasteiger partial charge < -0.3 is 5.84 Å². The summed E-state index contributed by atoms with van der Waals surface area (Å²) in [5.41, 5.74) is 7.17. The molecule has 0 bridgehead atoms. The van der Waals surface area contributed by atoms with E-state index in [1.54, 1.807) is 0 Å². The first-order valence-corrected chi connectivity index (χ1v) is 9.76. The van der Waals surface area contributed by atoms with E-state index in [9.17, 15) is 0 Å². The highest BCUT2D eigenvalue weighted by Crippen LogP contribution is 2.22. The van der Waals surface area contributed by atoms with E-state index in [2.05, 4.69) is 67.8 Å². The summed E-state index contributed by atoms with van der Waals surface area (Å²) < 4.78 is 2.44. The second kappa shape index (κ2) is 8.37. The number of nitrogens with two attached hydrogens (primary N) is 1. The Balaban J connectivity index is 1.63. The molecule has 3 aromatic rings. The van der Waals surface area contributed by atoms with Gasteiger partial charge in [0, 0.05) is 10.2 Å². The summed E-state index contributed by atoms with van der Waals surface area (Å²) in [6.07, 6.45) is 0. The molecule has 0 aliphatic heterocycles. The van der Waals surface area contributed by atoms with Crippen LogP contribution in [0.4, 0.5) is 5.95 Å². The number of hydrogen-bond acceptors (Lipinski definition) is 6. The van der Waals surface area contributed by atoms with Crippen molar-refractivity contribution in [2.24, 2.45) is 5.10 Å². The summed E-state index contributed by atoms with van der Waals surface area (Å²) in [5.74, 6) is 7.24. The van der Waals surface area contributed by atoms with Gasteiger partial charge in [-0.3, -0.25) is 0 Å². The predicted molar refractivity (Wildman–Crippen MR) is 111 cm³/mol. The van der Waals surface area contributed by atoms with Crippen LogP contribution in [0.5, 0.6) is 0 Å². The van der Waals surface area contributed by atoms with Gasteiger partial charge in [0.1, 0.15) is 0 Å². The molecule has 3 rings (SSSR count). The molecule has 0 atom stereocenters. The summed E-state index contributed by atoms with van der Waals surface area (Å²) in [6, 6.07) is 16.3. The maximum Gasteiger partial charge on any atom is 0.264 e. The third kappa shape index (κ3) is 4.64. The molecule has 1 heterocycles. The number of nitrogen functional groups attached to an aromatic ring is 1. The Hall–Kier alpha value is -2.32. The fourth-order valence-corrected chi connectivity index (χ4v) is 3.25. The van der Waals surface area contributed by atoms with Crippen LogP contribution in [-0.2, 0) is 5.75 Å². The third-order valence-electron chi connectivity index (χ3n) is 3.74. The molecular weight excluding hydrogens is 412 g/mol. The van der Waals surface area contributed by atoms with Gasteiger partial charge in [-0.25, -0.2) is 10.1 Å². The Bertz CT molecular complexity index is 902. The maximum absolute atomic E-state index is 6.07. The summed E-state index contributed by atoms with van der Waals surface area (Å²) >= 11 is 4.95. The van der Waals surface area contributed by atoms with Crippen molar-refractivity contribution in [3.8, 4) is 0 Å². The summed E-state index contributed by atoms with van der Waals surface area (Å²) in [7, 11) is 0. The van der Waals surface area contributed by atoms with E-state index in [0.717, 1.165) is 21.5 Å². The molecule has 2 aromatic carbocycles. The van der Waals surface area contributed by atoms with E-state index in [0.29, 0.717) is 11.1 Å². The summed E-state index contributed by atoms with van der Waals surface area (Å²) in [4.78, 5) is 0.